The Morgan fingerprint density at radius 1 is 1.29 bits per heavy atom. The van der Waals surface area contributed by atoms with Gasteiger partial charge in [-0.15, -0.1) is 0 Å². The van der Waals surface area contributed by atoms with E-state index in [2.05, 4.69) is 0 Å². The lowest BCUT2D eigenvalue weighted by atomic mass is 9.94. The van der Waals surface area contributed by atoms with Crippen LogP contribution in [0.2, 0.25) is 5.02 Å². The summed E-state index contributed by atoms with van der Waals surface area (Å²) in [5.41, 5.74) is 0. The lowest BCUT2D eigenvalue weighted by molar-refractivity contribution is -0.139. The third-order valence-corrected chi connectivity index (χ3v) is 3.93. The van der Waals surface area contributed by atoms with Crippen LogP contribution in [0.25, 0.3) is 0 Å². The van der Waals surface area contributed by atoms with Gasteiger partial charge in [0.05, 0.1) is 5.02 Å². The summed E-state index contributed by atoms with van der Waals surface area (Å²) in [6.45, 7) is 1.12. The lowest BCUT2D eigenvalue weighted by Crippen LogP contribution is -2.41. The van der Waals surface area contributed by atoms with Crippen molar-refractivity contribution in [2.24, 2.45) is 5.92 Å². The van der Waals surface area contributed by atoms with E-state index in [0.29, 0.717) is 23.9 Å². The van der Waals surface area contributed by atoms with Crippen LogP contribution in [0.5, 0.6) is 5.75 Å². The minimum Gasteiger partial charge on any atom is -0.482 e. The van der Waals surface area contributed by atoms with Gasteiger partial charge in [0.2, 0.25) is 0 Å². The number of aliphatic carboxylic acids is 1. The molecule has 0 spiro atoms. The Kier molecular flexibility index (Phi) is 5.44. The summed E-state index contributed by atoms with van der Waals surface area (Å²) in [4.78, 5) is 24.4. The molecule has 1 fully saturated rings. The highest BCUT2D eigenvalue weighted by atomic mass is 35.5. The average molecular weight is 312 g/mol. The molecule has 1 N–H and O–H groups in total. The van der Waals surface area contributed by atoms with Crippen LogP contribution in [-0.4, -0.2) is 41.6 Å². The van der Waals surface area contributed by atoms with Gasteiger partial charge in [-0.25, -0.2) is 0 Å². The second-order valence-electron chi connectivity index (χ2n) is 5.14. The Hall–Kier alpha value is -1.75. The van der Waals surface area contributed by atoms with Crippen molar-refractivity contribution in [3.05, 3.63) is 29.3 Å². The number of hydrogen-bond donors (Lipinski definition) is 1. The van der Waals surface area contributed by atoms with Crippen LogP contribution in [0.3, 0.4) is 0 Å². The van der Waals surface area contributed by atoms with Crippen LogP contribution in [0.1, 0.15) is 19.3 Å². The number of ether oxygens (including phenoxy) is 1. The van der Waals surface area contributed by atoms with E-state index in [1.807, 2.05) is 0 Å². The molecule has 6 heteroatoms. The molecule has 1 heterocycles. The van der Waals surface area contributed by atoms with Crippen molar-refractivity contribution in [1.29, 1.82) is 0 Å². The first-order chi connectivity index (χ1) is 10.1. The maximum Gasteiger partial charge on any atom is 0.303 e. The van der Waals surface area contributed by atoms with E-state index in [4.69, 9.17) is 21.4 Å². The predicted molar refractivity (Wildman–Crippen MR) is 78.5 cm³/mol. The van der Waals surface area contributed by atoms with Crippen molar-refractivity contribution in [1.82, 2.24) is 4.90 Å². The zero-order valence-electron chi connectivity index (χ0n) is 11.6. The van der Waals surface area contributed by atoms with Gasteiger partial charge < -0.3 is 14.7 Å². The molecular formula is C15H18ClNO4. The number of amides is 1. The van der Waals surface area contributed by atoms with E-state index in [-0.39, 0.29) is 24.9 Å². The van der Waals surface area contributed by atoms with Crippen LogP contribution >= 0.6 is 11.6 Å². The molecule has 1 aliphatic heterocycles. The SMILES string of the molecule is O=C(O)CC1CCN(C(=O)COc2ccccc2Cl)CC1. The largest absolute Gasteiger partial charge is 0.482 e. The molecule has 0 saturated carbocycles. The number of carboxylic acids is 1. The zero-order valence-corrected chi connectivity index (χ0v) is 12.4. The molecule has 1 saturated heterocycles. The van der Waals surface area contributed by atoms with Gasteiger partial charge in [0.25, 0.3) is 5.91 Å². The van der Waals surface area contributed by atoms with Crippen molar-refractivity contribution in [3.63, 3.8) is 0 Å². The van der Waals surface area contributed by atoms with Gasteiger partial charge in [-0.3, -0.25) is 9.59 Å². The van der Waals surface area contributed by atoms with Crippen LogP contribution in [0, 0.1) is 5.92 Å². The molecule has 0 radical (unpaired) electrons. The molecule has 0 bridgehead atoms. The molecule has 2 rings (SSSR count). The van der Waals surface area contributed by atoms with E-state index in [1.165, 1.54) is 0 Å². The number of nitrogens with zero attached hydrogens (tertiary/aromatic N) is 1. The number of para-hydroxylation sites is 1. The summed E-state index contributed by atoms with van der Waals surface area (Å²) in [6, 6.07) is 7.01. The van der Waals surface area contributed by atoms with Crippen molar-refractivity contribution in [3.8, 4) is 5.75 Å². The van der Waals surface area contributed by atoms with Gasteiger partial charge in [-0.1, -0.05) is 23.7 Å². The van der Waals surface area contributed by atoms with E-state index in [1.54, 1.807) is 29.2 Å². The van der Waals surface area contributed by atoms with Crippen molar-refractivity contribution >= 4 is 23.5 Å². The maximum atomic E-state index is 12.1. The first kappa shape index (κ1) is 15.6. The highest BCUT2D eigenvalue weighted by Crippen LogP contribution is 2.24. The predicted octanol–water partition coefficient (Wildman–Crippen LogP) is 2.43. The molecule has 1 amide bonds. The molecule has 0 atom stereocenters. The number of benzene rings is 1. The fraction of sp³-hybridized carbons (Fsp3) is 0.467. The van der Waals surface area contributed by atoms with Gasteiger partial charge in [-0.2, -0.15) is 0 Å². The van der Waals surface area contributed by atoms with E-state index < -0.39 is 5.97 Å². The summed E-state index contributed by atoms with van der Waals surface area (Å²) >= 11 is 5.96. The second-order valence-corrected chi connectivity index (χ2v) is 5.55. The molecule has 1 aliphatic rings. The molecule has 1 aromatic rings. The van der Waals surface area contributed by atoms with Crippen LogP contribution in [0.4, 0.5) is 0 Å². The quantitative estimate of drug-likeness (QED) is 0.907. The summed E-state index contributed by atoms with van der Waals surface area (Å²) in [5, 5.41) is 9.24. The van der Waals surface area contributed by atoms with Gasteiger partial charge in [0, 0.05) is 19.5 Å². The van der Waals surface area contributed by atoms with E-state index in [9.17, 15) is 9.59 Å². The first-order valence-corrected chi connectivity index (χ1v) is 7.31. The Morgan fingerprint density at radius 3 is 2.57 bits per heavy atom. The number of hydrogen-bond acceptors (Lipinski definition) is 3. The zero-order chi connectivity index (χ0) is 15.2. The number of piperidine rings is 1. The van der Waals surface area contributed by atoms with Gasteiger partial charge in [0.1, 0.15) is 5.75 Å². The molecule has 5 nitrogen and oxygen atoms in total. The monoisotopic (exact) mass is 311 g/mol. The third kappa shape index (κ3) is 4.63. The summed E-state index contributed by atoms with van der Waals surface area (Å²) in [6.07, 6.45) is 1.63. The fourth-order valence-corrected chi connectivity index (χ4v) is 2.62. The lowest BCUT2D eigenvalue weighted by Gasteiger charge is -2.31. The average Bonchev–Trinajstić information content (AvgIpc) is 2.46. The number of carbonyl (C=O) groups excluding carboxylic acids is 1. The minimum atomic E-state index is -0.776. The highest BCUT2D eigenvalue weighted by molar-refractivity contribution is 6.32. The first-order valence-electron chi connectivity index (χ1n) is 6.93. The minimum absolute atomic E-state index is 0.0483. The smallest absolute Gasteiger partial charge is 0.303 e. The van der Waals surface area contributed by atoms with E-state index in [0.717, 1.165) is 12.8 Å². The molecule has 21 heavy (non-hydrogen) atoms. The van der Waals surface area contributed by atoms with Crippen molar-refractivity contribution in [2.45, 2.75) is 19.3 Å². The molecular weight excluding hydrogens is 294 g/mol. The molecule has 0 aromatic heterocycles. The Morgan fingerprint density at radius 2 is 1.95 bits per heavy atom. The topological polar surface area (TPSA) is 66.8 Å². The highest BCUT2D eigenvalue weighted by Gasteiger charge is 2.24. The van der Waals surface area contributed by atoms with Crippen LogP contribution in [0.15, 0.2) is 24.3 Å². The third-order valence-electron chi connectivity index (χ3n) is 3.62. The summed E-state index contributed by atoms with van der Waals surface area (Å²) in [5.74, 6) is -0.213. The second kappa shape index (κ2) is 7.31. The van der Waals surface area contributed by atoms with E-state index >= 15 is 0 Å². The van der Waals surface area contributed by atoms with Crippen molar-refractivity contribution < 1.29 is 19.4 Å². The van der Waals surface area contributed by atoms with Gasteiger partial charge >= 0.3 is 5.97 Å². The number of carbonyl (C=O) groups is 2. The summed E-state index contributed by atoms with van der Waals surface area (Å²) in [7, 11) is 0. The van der Waals surface area contributed by atoms with Crippen LogP contribution < -0.4 is 4.74 Å². The molecule has 0 aliphatic carbocycles. The Balaban J connectivity index is 1.77. The number of likely N-dealkylation sites (tertiary alicyclic amines) is 1. The summed E-state index contributed by atoms with van der Waals surface area (Å²) < 4.78 is 5.43. The number of carboxylic acid groups (broad SMARTS) is 1. The fourth-order valence-electron chi connectivity index (χ4n) is 2.43. The number of halogens is 1. The maximum absolute atomic E-state index is 12.1. The van der Waals surface area contributed by atoms with Crippen LogP contribution in [-0.2, 0) is 9.59 Å². The molecule has 1 aromatic carbocycles. The number of rotatable bonds is 5. The Bertz CT molecular complexity index is 512. The van der Waals surface area contributed by atoms with Gasteiger partial charge in [-0.05, 0) is 30.9 Å². The molecule has 114 valence electrons. The standard InChI is InChI=1S/C15H18ClNO4/c16-12-3-1-2-4-13(12)21-10-14(18)17-7-5-11(6-8-17)9-15(19)20/h1-4,11H,5-10H2,(H,19,20). The Labute approximate surface area is 128 Å². The molecule has 0 unspecified atom stereocenters. The normalized spacial score (nSPS) is 15.8. The van der Waals surface area contributed by atoms with Gasteiger partial charge in [0.15, 0.2) is 6.61 Å². The van der Waals surface area contributed by atoms with Crippen molar-refractivity contribution in [2.75, 3.05) is 19.7 Å².